The lowest BCUT2D eigenvalue weighted by Crippen LogP contribution is -2.43. The Balaban J connectivity index is 4.01. The first kappa shape index (κ1) is 13.4. The molecule has 0 fully saturated rings. The lowest BCUT2D eigenvalue weighted by molar-refractivity contribution is -0.0325. The van der Waals surface area contributed by atoms with Gasteiger partial charge in [-0.15, -0.1) is 0 Å². The summed E-state index contributed by atoms with van der Waals surface area (Å²) in [6, 6.07) is 2.09. The maximum absolute atomic E-state index is 8.80. The van der Waals surface area contributed by atoms with E-state index < -0.39 is 5.54 Å². The zero-order chi connectivity index (χ0) is 11.2. The Morgan fingerprint density at radius 3 is 2.36 bits per heavy atom. The van der Waals surface area contributed by atoms with Gasteiger partial charge in [0, 0.05) is 13.0 Å². The second-order valence-corrected chi connectivity index (χ2v) is 4.67. The van der Waals surface area contributed by atoms with Gasteiger partial charge in [-0.1, -0.05) is 13.3 Å². The first-order valence-corrected chi connectivity index (χ1v) is 5.17. The van der Waals surface area contributed by atoms with Gasteiger partial charge in [0.2, 0.25) is 0 Å². The Morgan fingerprint density at radius 2 is 1.93 bits per heavy atom. The van der Waals surface area contributed by atoms with Crippen molar-refractivity contribution in [2.75, 3.05) is 6.61 Å². The summed E-state index contributed by atoms with van der Waals surface area (Å²) in [5, 5.41) is 8.80. The molecule has 0 aliphatic rings. The van der Waals surface area contributed by atoms with Crippen LogP contribution < -0.4 is 5.73 Å². The van der Waals surface area contributed by atoms with Crippen molar-refractivity contribution >= 4 is 0 Å². The maximum Gasteiger partial charge on any atom is 0.104 e. The molecule has 0 aromatic rings. The number of hydrogen-bond donors (Lipinski definition) is 1. The molecule has 0 saturated heterocycles. The second kappa shape index (κ2) is 5.33. The zero-order valence-electron chi connectivity index (χ0n) is 9.76. The summed E-state index contributed by atoms with van der Waals surface area (Å²) in [4.78, 5) is 0. The van der Waals surface area contributed by atoms with Gasteiger partial charge in [0.05, 0.1) is 11.7 Å². The molecule has 0 aromatic heterocycles. The van der Waals surface area contributed by atoms with Crippen molar-refractivity contribution in [2.24, 2.45) is 5.73 Å². The molecule has 0 spiro atoms. The summed E-state index contributed by atoms with van der Waals surface area (Å²) in [7, 11) is 0. The smallest absolute Gasteiger partial charge is 0.104 e. The average molecular weight is 198 g/mol. The van der Waals surface area contributed by atoms with Crippen LogP contribution in [0.4, 0.5) is 0 Å². The Kier molecular flexibility index (Phi) is 5.11. The van der Waals surface area contributed by atoms with Crippen LogP contribution in [0.3, 0.4) is 0 Å². The molecule has 3 heteroatoms. The molecule has 0 saturated carbocycles. The van der Waals surface area contributed by atoms with E-state index in [0.717, 1.165) is 19.4 Å². The first-order chi connectivity index (χ1) is 6.33. The number of ether oxygens (including phenoxy) is 1. The highest BCUT2D eigenvalue weighted by Crippen LogP contribution is 2.21. The van der Waals surface area contributed by atoms with E-state index >= 15 is 0 Å². The van der Waals surface area contributed by atoms with Crippen molar-refractivity contribution in [2.45, 2.75) is 58.1 Å². The summed E-state index contributed by atoms with van der Waals surface area (Å²) in [6.07, 6.45) is 2.73. The average Bonchev–Trinajstić information content (AvgIpc) is 2.03. The van der Waals surface area contributed by atoms with Crippen LogP contribution in [0.1, 0.15) is 47.0 Å². The Bertz CT molecular complexity index is 204. The van der Waals surface area contributed by atoms with E-state index in [1.807, 2.05) is 13.8 Å². The highest BCUT2D eigenvalue weighted by atomic mass is 16.5. The molecular weight excluding hydrogens is 176 g/mol. The molecule has 0 heterocycles. The first-order valence-electron chi connectivity index (χ1n) is 5.17. The molecule has 0 aliphatic heterocycles. The molecule has 2 N–H and O–H groups in total. The molecule has 1 atom stereocenters. The molecule has 0 aliphatic carbocycles. The number of nitriles is 1. The third-order valence-electron chi connectivity index (χ3n) is 2.04. The van der Waals surface area contributed by atoms with Crippen LogP contribution in [-0.4, -0.2) is 17.7 Å². The van der Waals surface area contributed by atoms with Crippen LogP contribution in [0.2, 0.25) is 0 Å². The zero-order valence-corrected chi connectivity index (χ0v) is 9.76. The fraction of sp³-hybridized carbons (Fsp3) is 0.909. The highest BCUT2D eigenvalue weighted by Gasteiger charge is 2.29. The summed E-state index contributed by atoms with van der Waals surface area (Å²) < 4.78 is 5.68. The predicted octanol–water partition coefficient (Wildman–Crippen LogP) is 2.21. The van der Waals surface area contributed by atoms with Crippen LogP contribution in [-0.2, 0) is 4.74 Å². The minimum atomic E-state index is -0.796. The maximum atomic E-state index is 8.80. The number of unbranched alkanes of at least 4 members (excludes halogenated alkanes) is 1. The Morgan fingerprint density at radius 1 is 1.36 bits per heavy atom. The van der Waals surface area contributed by atoms with Crippen LogP contribution >= 0.6 is 0 Å². The van der Waals surface area contributed by atoms with Crippen LogP contribution in [0.5, 0.6) is 0 Å². The van der Waals surface area contributed by atoms with Gasteiger partial charge in [-0.25, -0.2) is 0 Å². The number of rotatable bonds is 6. The van der Waals surface area contributed by atoms with E-state index in [-0.39, 0.29) is 5.60 Å². The van der Waals surface area contributed by atoms with E-state index in [1.54, 1.807) is 6.92 Å². The Labute approximate surface area is 87.2 Å². The van der Waals surface area contributed by atoms with Gasteiger partial charge in [0.1, 0.15) is 5.54 Å². The molecule has 0 rings (SSSR count). The van der Waals surface area contributed by atoms with E-state index in [2.05, 4.69) is 13.0 Å². The summed E-state index contributed by atoms with van der Waals surface area (Å²) in [5.74, 6) is 0. The van der Waals surface area contributed by atoms with E-state index in [0.29, 0.717) is 6.42 Å². The fourth-order valence-corrected chi connectivity index (χ4v) is 1.47. The molecule has 0 amide bonds. The van der Waals surface area contributed by atoms with Gasteiger partial charge in [-0.3, -0.25) is 0 Å². The van der Waals surface area contributed by atoms with Crippen LogP contribution in [0.25, 0.3) is 0 Å². The van der Waals surface area contributed by atoms with Crippen molar-refractivity contribution in [1.29, 1.82) is 5.26 Å². The lowest BCUT2D eigenvalue weighted by atomic mass is 9.90. The number of nitrogens with zero attached hydrogens (tertiary/aromatic N) is 1. The van der Waals surface area contributed by atoms with Gasteiger partial charge in [-0.2, -0.15) is 5.26 Å². The fourth-order valence-electron chi connectivity index (χ4n) is 1.47. The minimum Gasteiger partial charge on any atom is -0.375 e. The molecule has 1 unspecified atom stereocenters. The van der Waals surface area contributed by atoms with Gasteiger partial charge in [0.25, 0.3) is 0 Å². The van der Waals surface area contributed by atoms with Gasteiger partial charge in [0.15, 0.2) is 0 Å². The predicted molar refractivity (Wildman–Crippen MR) is 57.8 cm³/mol. The molecule has 82 valence electrons. The van der Waals surface area contributed by atoms with Crippen molar-refractivity contribution < 1.29 is 4.74 Å². The normalized spacial score (nSPS) is 16.0. The van der Waals surface area contributed by atoms with Gasteiger partial charge >= 0.3 is 0 Å². The van der Waals surface area contributed by atoms with Crippen LogP contribution in [0, 0.1) is 11.3 Å². The third kappa shape index (κ3) is 5.95. The van der Waals surface area contributed by atoms with Gasteiger partial charge < -0.3 is 10.5 Å². The summed E-state index contributed by atoms with van der Waals surface area (Å²) in [5.41, 5.74) is 4.66. The molecule has 0 radical (unpaired) electrons. The quantitative estimate of drug-likeness (QED) is 0.666. The number of hydrogen-bond acceptors (Lipinski definition) is 3. The van der Waals surface area contributed by atoms with Crippen molar-refractivity contribution in [3.05, 3.63) is 0 Å². The van der Waals surface area contributed by atoms with Crippen molar-refractivity contribution in [3.63, 3.8) is 0 Å². The van der Waals surface area contributed by atoms with E-state index in [4.69, 9.17) is 15.7 Å². The van der Waals surface area contributed by atoms with E-state index in [9.17, 15) is 0 Å². The molecule has 3 nitrogen and oxygen atoms in total. The lowest BCUT2D eigenvalue weighted by Gasteiger charge is -2.30. The Hall–Kier alpha value is -0.590. The third-order valence-corrected chi connectivity index (χ3v) is 2.04. The standard InChI is InChI=1S/C11H22N2O/c1-5-6-7-14-10(2,3)8-11(4,13)9-12/h5-8,13H2,1-4H3. The van der Waals surface area contributed by atoms with Crippen molar-refractivity contribution in [1.82, 2.24) is 0 Å². The van der Waals surface area contributed by atoms with Crippen LogP contribution in [0.15, 0.2) is 0 Å². The van der Waals surface area contributed by atoms with E-state index in [1.165, 1.54) is 0 Å². The van der Waals surface area contributed by atoms with Gasteiger partial charge in [-0.05, 0) is 27.2 Å². The molecule has 14 heavy (non-hydrogen) atoms. The summed E-state index contributed by atoms with van der Waals surface area (Å²) >= 11 is 0. The topological polar surface area (TPSA) is 59.0 Å². The van der Waals surface area contributed by atoms with Crippen molar-refractivity contribution in [3.8, 4) is 6.07 Å². The molecular formula is C11H22N2O. The summed E-state index contributed by atoms with van der Waals surface area (Å²) in [6.45, 7) is 8.55. The largest absolute Gasteiger partial charge is 0.375 e. The number of nitrogens with two attached hydrogens (primary N) is 1. The second-order valence-electron chi connectivity index (χ2n) is 4.67. The highest BCUT2D eigenvalue weighted by molar-refractivity contribution is 5.04. The molecule has 0 aromatic carbocycles. The SMILES string of the molecule is CCCCOC(C)(C)CC(C)(N)C#N. The molecule has 0 bridgehead atoms. The minimum absolute atomic E-state index is 0.311. The monoisotopic (exact) mass is 198 g/mol.